The van der Waals surface area contributed by atoms with Gasteiger partial charge in [0.15, 0.2) is 0 Å². The Morgan fingerprint density at radius 3 is 1.58 bits per heavy atom. The van der Waals surface area contributed by atoms with Crippen LogP contribution in [0.5, 0.6) is 0 Å². The molecular formula is C34H30N2O2. The number of nitrogens with one attached hydrogen (secondary N) is 2. The fourth-order valence-electron chi connectivity index (χ4n) is 5.01. The molecule has 0 saturated heterocycles. The number of amides is 2. The molecule has 0 saturated carbocycles. The molecule has 0 aliphatic carbocycles. The van der Waals surface area contributed by atoms with Crippen molar-refractivity contribution in [3.05, 3.63) is 156 Å². The van der Waals surface area contributed by atoms with Crippen LogP contribution in [0.15, 0.2) is 133 Å². The fraction of sp³-hybridized carbons (Fsp3) is 0.118. The van der Waals surface area contributed by atoms with Gasteiger partial charge in [-0.15, -0.1) is 0 Å². The molecule has 0 atom stereocenters. The highest BCUT2D eigenvalue weighted by atomic mass is 16.2. The van der Waals surface area contributed by atoms with Gasteiger partial charge in [0.1, 0.15) is 5.54 Å². The van der Waals surface area contributed by atoms with Gasteiger partial charge in [-0.2, -0.15) is 0 Å². The Kier molecular flexibility index (Phi) is 7.60. The van der Waals surface area contributed by atoms with E-state index in [1.54, 1.807) is 0 Å². The lowest BCUT2D eigenvalue weighted by Gasteiger charge is -2.37. The van der Waals surface area contributed by atoms with Crippen molar-refractivity contribution in [1.82, 2.24) is 10.6 Å². The summed E-state index contributed by atoms with van der Waals surface area (Å²) in [7, 11) is 0. The van der Waals surface area contributed by atoms with Crippen LogP contribution in [-0.4, -0.2) is 11.8 Å². The van der Waals surface area contributed by atoms with E-state index in [1.807, 2.05) is 115 Å². The van der Waals surface area contributed by atoms with E-state index in [0.29, 0.717) is 6.54 Å². The number of carbonyl (C=O) groups excluding carboxylic acids is 2. The van der Waals surface area contributed by atoms with Gasteiger partial charge >= 0.3 is 0 Å². The van der Waals surface area contributed by atoms with Crippen LogP contribution >= 0.6 is 0 Å². The Bertz CT molecular complexity index is 1410. The topological polar surface area (TPSA) is 58.2 Å². The minimum absolute atomic E-state index is 0.0790. The molecule has 2 amide bonds. The summed E-state index contributed by atoms with van der Waals surface area (Å²) in [6.45, 7) is 0.420. The summed E-state index contributed by atoms with van der Waals surface area (Å²) < 4.78 is 0. The summed E-state index contributed by atoms with van der Waals surface area (Å²) in [6.07, 6.45) is 0.181. The van der Waals surface area contributed by atoms with Gasteiger partial charge in [-0.05, 0) is 33.0 Å². The van der Waals surface area contributed by atoms with Crippen molar-refractivity contribution >= 4 is 22.6 Å². The molecule has 0 aromatic heterocycles. The van der Waals surface area contributed by atoms with E-state index in [4.69, 9.17) is 0 Å². The predicted octanol–water partition coefficient (Wildman–Crippen LogP) is 6.34. The fourth-order valence-corrected chi connectivity index (χ4v) is 5.01. The quantitative estimate of drug-likeness (QED) is 0.233. The SMILES string of the molecule is O=C(CCC(=O)NC(c1ccccc1)(c1ccccc1)c1ccccc1)NCc1cccc2ccccc12. The van der Waals surface area contributed by atoms with Gasteiger partial charge in [0.05, 0.1) is 0 Å². The lowest BCUT2D eigenvalue weighted by atomic mass is 9.77. The van der Waals surface area contributed by atoms with E-state index >= 15 is 0 Å². The lowest BCUT2D eigenvalue weighted by Crippen LogP contribution is -2.48. The third-order valence-electron chi connectivity index (χ3n) is 6.88. The average Bonchev–Trinajstić information content (AvgIpc) is 2.99. The molecule has 0 spiro atoms. The number of benzene rings is 5. The van der Waals surface area contributed by atoms with Crippen LogP contribution in [0.1, 0.15) is 35.1 Å². The highest BCUT2D eigenvalue weighted by Gasteiger charge is 2.37. The van der Waals surface area contributed by atoms with Crippen LogP contribution < -0.4 is 10.6 Å². The molecule has 188 valence electrons. The summed E-state index contributed by atoms with van der Waals surface area (Å²) in [6, 6.07) is 44.1. The third kappa shape index (κ3) is 5.35. The van der Waals surface area contributed by atoms with Crippen molar-refractivity contribution < 1.29 is 9.59 Å². The van der Waals surface area contributed by atoms with Crippen LogP contribution in [0, 0.1) is 0 Å². The molecule has 0 aliphatic rings. The lowest BCUT2D eigenvalue weighted by molar-refractivity contribution is -0.127. The van der Waals surface area contributed by atoms with E-state index in [9.17, 15) is 9.59 Å². The number of fused-ring (bicyclic) bond motifs is 1. The summed E-state index contributed by atoms with van der Waals surface area (Å²) in [5.41, 5.74) is 3.01. The summed E-state index contributed by atoms with van der Waals surface area (Å²) >= 11 is 0. The van der Waals surface area contributed by atoms with Gasteiger partial charge in [0.2, 0.25) is 11.8 Å². The second kappa shape index (κ2) is 11.6. The Morgan fingerprint density at radius 1 is 0.526 bits per heavy atom. The van der Waals surface area contributed by atoms with Gasteiger partial charge < -0.3 is 10.6 Å². The molecular weight excluding hydrogens is 468 g/mol. The first kappa shape index (κ1) is 25.0. The molecule has 0 radical (unpaired) electrons. The monoisotopic (exact) mass is 498 g/mol. The van der Waals surface area contributed by atoms with Gasteiger partial charge in [-0.3, -0.25) is 9.59 Å². The normalized spacial score (nSPS) is 11.2. The summed E-state index contributed by atoms with van der Waals surface area (Å²) in [4.78, 5) is 26.2. The molecule has 5 aromatic carbocycles. The molecule has 0 aliphatic heterocycles. The first-order valence-corrected chi connectivity index (χ1v) is 12.9. The number of carbonyl (C=O) groups is 2. The molecule has 4 heteroatoms. The zero-order chi connectivity index (χ0) is 26.2. The highest BCUT2D eigenvalue weighted by Crippen LogP contribution is 2.36. The van der Waals surface area contributed by atoms with Gasteiger partial charge in [-0.1, -0.05) is 133 Å². The smallest absolute Gasteiger partial charge is 0.221 e. The Hall–Kier alpha value is -4.70. The first-order valence-electron chi connectivity index (χ1n) is 12.9. The van der Waals surface area contributed by atoms with Gasteiger partial charge in [0.25, 0.3) is 0 Å². The minimum atomic E-state index is -0.889. The summed E-state index contributed by atoms with van der Waals surface area (Å²) in [5, 5.41) is 8.55. The van der Waals surface area contributed by atoms with E-state index in [-0.39, 0.29) is 24.7 Å². The molecule has 5 aromatic rings. The zero-order valence-electron chi connectivity index (χ0n) is 21.1. The van der Waals surface area contributed by atoms with Crippen molar-refractivity contribution in [3.8, 4) is 0 Å². The van der Waals surface area contributed by atoms with Gasteiger partial charge in [-0.25, -0.2) is 0 Å². The molecule has 4 nitrogen and oxygen atoms in total. The minimum Gasteiger partial charge on any atom is -0.352 e. The maximum atomic E-state index is 13.4. The Balaban J connectivity index is 1.34. The van der Waals surface area contributed by atoms with Crippen LogP contribution in [0.25, 0.3) is 10.8 Å². The molecule has 0 fully saturated rings. The largest absolute Gasteiger partial charge is 0.352 e. The van der Waals surface area contributed by atoms with E-state index in [0.717, 1.165) is 33.0 Å². The number of hydrogen-bond donors (Lipinski definition) is 2. The molecule has 38 heavy (non-hydrogen) atoms. The molecule has 5 rings (SSSR count). The maximum absolute atomic E-state index is 13.4. The van der Waals surface area contributed by atoms with Gasteiger partial charge in [0, 0.05) is 19.4 Å². The van der Waals surface area contributed by atoms with Crippen molar-refractivity contribution in [2.24, 2.45) is 0 Å². The van der Waals surface area contributed by atoms with Crippen molar-refractivity contribution in [3.63, 3.8) is 0 Å². The second-order valence-corrected chi connectivity index (χ2v) is 9.31. The van der Waals surface area contributed by atoms with E-state index < -0.39 is 5.54 Å². The first-order chi connectivity index (χ1) is 18.7. The zero-order valence-corrected chi connectivity index (χ0v) is 21.1. The van der Waals surface area contributed by atoms with Crippen LogP contribution in [0.4, 0.5) is 0 Å². The van der Waals surface area contributed by atoms with Crippen molar-refractivity contribution in [1.29, 1.82) is 0 Å². The highest BCUT2D eigenvalue weighted by molar-refractivity contribution is 5.87. The Morgan fingerprint density at radius 2 is 1.00 bits per heavy atom. The number of rotatable bonds is 9. The third-order valence-corrected chi connectivity index (χ3v) is 6.88. The number of hydrogen-bond acceptors (Lipinski definition) is 2. The Labute approximate surface area is 223 Å². The molecule has 2 N–H and O–H groups in total. The molecule has 0 unspecified atom stereocenters. The maximum Gasteiger partial charge on any atom is 0.221 e. The second-order valence-electron chi connectivity index (χ2n) is 9.31. The van der Waals surface area contributed by atoms with E-state index in [2.05, 4.69) is 28.8 Å². The molecule has 0 bridgehead atoms. The average molecular weight is 499 g/mol. The standard InChI is InChI=1S/C34H30N2O2/c37-32(35-25-27-15-12-14-26-13-10-11-22-31(26)27)23-24-33(38)36-34(28-16-4-1-5-17-28,29-18-6-2-7-19-29)30-20-8-3-9-21-30/h1-22H,23-25H2,(H,35,37)(H,36,38). The van der Waals surface area contributed by atoms with Crippen LogP contribution in [0.3, 0.4) is 0 Å². The van der Waals surface area contributed by atoms with Crippen molar-refractivity contribution in [2.45, 2.75) is 24.9 Å². The predicted molar refractivity (Wildman–Crippen MR) is 152 cm³/mol. The van der Waals surface area contributed by atoms with Crippen LogP contribution in [0.2, 0.25) is 0 Å². The summed E-state index contributed by atoms with van der Waals surface area (Å²) in [5.74, 6) is -0.348. The van der Waals surface area contributed by atoms with E-state index in [1.165, 1.54) is 0 Å². The van der Waals surface area contributed by atoms with Crippen molar-refractivity contribution in [2.75, 3.05) is 0 Å². The van der Waals surface area contributed by atoms with Crippen LogP contribution in [-0.2, 0) is 21.7 Å². The molecule has 0 heterocycles.